The van der Waals surface area contributed by atoms with Gasteiger partial charge >= 0.3 is 0 Å². The zero-order valence-corrected chi connectivity index (χ0v) is 9.95. The van der Waals surface area contributed by atoms with Gasteiger partial charge in [-0.1, -0.05) is 30.3 Å². The number of nitrogens with two attached hydrogens (primary N) is 1. The molecule has 1 aromatic rings. The van der Waals surface area contributed by atoms with Gasteiger partial charge in [-0.3, -0.25) is 4.90 Å². The standard InChI is InChI=1S/C13H21N3/c1-15-13(14)7-9-16(10-8-13)11-12-5-3-2-4-6-12/h2-6,15H,7-11,14H2,1H3. The minimum absolute atomic E-state index is 0.146. The number of rotatable bonds is 3. The van der Waals surface area contributed by atoms with Crippen LogP contribution in [0.4, 0.5) is 0 Å². The van der Waals surface area contributed by atoms with E-state index in [-0.39, 0.29) is 5.66 Å². The maximum atomic E-state index is 6.18. The molecule has 1 heterocycles. The molecule has 1 aliphatic heterocycles. The smallest absolute Gasteiger partial charge is 0.0684 e. The Morgan fingerprint density at radius 1 is 1.25 bits per heavy atom. The summed E-state index contributed by atoms with van der Waals surface area (Å²) in [6.45, 7) is 3.19. The summed E-state index contributed by atoms with van der Waals surface area (Å²) in [5.41, 5.74) is 7.42. The Balaban J connectivity index is 1.86. The number of nitrogens with zero attached hydrogens (tertiary/aromatic N) is 1. The average Bonchev–Trinajstić information content (AvgIpc) is 2.34. The molecule has 2 rings (SSSR count). The van der Waals surface area contributed by atoms with Crippen LogP contribution in [0.5, 0.6) is 0 Å². The molecule has 0 unspecified atom stereocenters. The number of piperidine rings is 1. The SMILES string of the molecule is CNC1(N)CCN(Cc2ccccc2)CC1. The minimum atomic E-state index is -0.146. The topological polar surface area (TPSA) is 41.3 Å². The van der Waals surface area contributed by atoms with Crippen LogP contribution in [0.25, 0.3) is 0 Å². The molecule has 0 spiro atoms. The first-order valence-electron chi connectivity index (χ1n) is 5.96. The Kier molecular flexibility index (Phi) is 3.59. The van der Waals surface area contributed by atoms with Gasteiger partial charge in [0.15, 0.2) is 0 Å². The summed E-state index contributed by atoms with van der Waals surface area (Å²) in [5.74, 6) is 0. The van der Waals surface area contributed by atoms with Crippen molar-refractivity contribution in [1.29, 1.82) is 0 Å². The van der Waals surface area contributed by atoms with Crippen molar-refractivity contribution in [3.8, 4) is 0 Å². The van der Waals surface area contributed by atoms with E-state index in [1.807, 2.05) is 7.05 Å². The molecule has 0 amide bonds. The predicted octanol–water partition coefficient (Wildman–Crippen LogP) is 1.16. The second-order valence-electron chi connectivity index (χ2n) is 4.67. The van der Waals surface area contributed by atoms with Crippen LogP contribution < -0.4 is 11.1 Å². The lowest BCUT2D eigenvalue weighted by Gasteiger charge is -2.39. The summed E-state index contributed by atoms with van der Waals surface area (Å²) < 4.78 is 0. The summed E-state index contributed by atoms with van der Waals surface area (Å²) in [4.78, 5) is 2.47. The third-order valence-electron chi connectivity index (χ3n) is 3.50. The van der Waals surface area contributed by atoms with Gasteiger partial charge < -0.3 is 11.1 Å². The van der Waals surface area contributed by atoms with Crippen molar-refractivity contribution in [2.45, 2.75) is 25.0 Å². The van der Waals surface area contributed by atoms with E-state index in [9.17, 15) is 0 Å². The minimum Gasteiger partial charge on any atom is -0.313 e. The highest BCUT2D eigenvalue weighted by Gasteiger charge is 2.28. The Hall–Kier alpha value is -0.900. The van der Waals surface area contributed by atoms with E-state index in [1.54, 1.807) is 0 Å². The summed E-state index contributed by atoms with van der Waals surface area (Å²) in [7, 11) is 1.95. The Labute approximate surface area is 97.6 Å². The average molecular weight is 219 g/mol. The number of hydrogen-bond acceptors (Lipinski definition) is 3. The van der Waals surface area contributed by atoms with Gasteiger partial charge in [-0.05, 0) is 25.5 Å². The van der Waals surface area contributed by atoms with Gasteiger partial charge in [-0.25, -0.2) is 0 Å². The van der Waals surface area contributed by atoms with Crippen LogP contribution in [0.1, 0.15) is 18.4 Å². The molecule has 0 bridgehead atoms. The summed E-state index contributed by atoms with van der Waals surface area (Å²) in [5, 5.41) is 3.22. The molecule has 0 aliphatic carbocycles. The molecule has 0 radical (unpaired) electrons. The monoisotopic (exact) mass is 219 g/mol. The number of likely N-dealkylation sites (tertiary alicyclic amines) is 1. The number of nitrogens with one attached hydrogen (secondary N) is 1. The molecule has 3 heteroatoms. The third-order valence-corrected chi connectivity index (χ3v) is 3.50. The van der Waals surface area contributed by atoms with Gasteiger partial charge in [0.05, 0.1) is 5.66 Å². The molecular formula is C13H21N3. The fraction of sp³-hybridized carbons (Fsp3) is 0.538. The normalized spacial score (nSPS) is 20.9. The van der Waals surface area contributed by atoms with E-state index >= 15 is 0 Å². The van der Waals surface area contributed by atoms with E-state index < -0.39 is 0 Å². The highest BCUT2D eigenvalue weighted by Crippen LogP contribution is 2.18. The Bertz CT molecular complexity index is 315. The van der Waals surface area contributed by atoms with Gasteiger partial charge in [-0.15, -0.1) is 0 Å². The summed E-state index contributed by atoms with van der Waals surface area (Å²) >= 11 is 0. The lowest BCUT2D eigenvalue weighted by Crippen LogP contribution is -2.58. The van der Waals surface area contributed by atoms with Crippen molar-refractivity contribution in [3.05, 3.63) is 35.9 Å². The molecule has 1 fully saturated rings. The lowest BCUT2D eigenvalue weighted by molar-refractivity contribution is 0.139. The molecule has 0 saturated carbocycles. The zero-order chi connectivity index (χ0) is 11.4. The van der Waals surface area contributed by atoms with Crippen LogP contribution in [0.15, 0.2) is 30.3 Å². The maximum Gasteiger partial charge on any atom is 0.0684 e. The fourth-order valence-electron chi connectivity index (χ4n) is 2.20. The summed E-state index contributed by atoms with van der Waals surface area (Å²) in [6.07, 6.45) is 2.05. The summed E-state index contributed by atoms with van der Waals surface area (Å²) in [6, 6.07) is 10.6. The zero-order valence-electron chi connectivity index (χ0n) is 9.95. The van der Waals surface area contributed by atoms with E-state index in [0.29, 0.717) is 0 Å². The van der Waals surface area contributed by atoms with Crippen molar-refractivity contribution in [2.24, 2.45) is 5.73 Å². The first kappa shape index (κ1) is 11.6. The Morgan fingerprint density at radius 3 is 2.44 bits per heavy atom. The molecule has 1 aromatic carbocycles. The van der Waals surface area contributed by atoms with Crippen molar-refractivity contribution in [3.63, 3.8) is 0 Å². The Morgan fingerprint density at radius 2 is 1.88 bits per heavy atom. The van der Waals surface area contributed by atoms with Crippen LogP contribution in [0.3, 0.4) is 0 Å². The van der Waals surface area contributed by atoms with Crippen LogP contribution in [0, 0.1) is 0 Å². The number of hydrogen-bond donors (Lipinski definition) is 2. The predicted molar refractivity (Wildman–Crippen MR) is 66.9 cm³/mol. The van der Waals surface area contributed by atoms with Crippen LogP contribution in [0.2, 0.25) is 0 Å². The van der Waals surface area contributed by atoms with Crippen molar-refractivity contribution >= 4 is 0 Å². The van der Waals surface area contributed by atoms with E-state index in [2.05, 4.69) is 40.5 Å². The highest BCUT2D eigenvalue weighted by molar-refractivity contribution is 5.14. The molecule has 0 atom stereocenters. The van der Waals surface area contributed by atoms with Gasteiger partial charge in [0, 0.05) is 19.6 Å². The van der Waals surface area contributed by atoms with Crippen molar-refractivity contribution < 1.29 is 0 Å². The maximum absolute atomic E-state index is 6.18. The van der Waals surface area contributed by atoms with Crippen LogP contribution >= 0.6 is 0 Å². The quantitative estimate of drug-likeness (QED) is 0.750. The lowest BCUT2D eigenvalue weighted by atomic mass is 9.98. The van der Waals surface area contributed by atoms with Gasteiger partial charge in [-0.2, -0.15) is 0 Å². The first-order valence-corrected chi connectivity index (χ1v) is 5.96. The van der Waals surface area contributed by atoms with Crippen molar-refractivity contribution in [1.82, 2.24) is 10.2 Å². The largest absolute Gasteiger partial charge is 0.313 e. The molecule has 0 aromatic heterocycles. The van der Waals surface area contributed by atoms with Gasteiger partial charge in [0.2, 0.25) is 0 Å². The molecule has 16 heavy (non-hydrogen) atoms. The molecule has 88 valence electrons. The molecular weight excluding hydrogens is 198 g/mol. The van der Waals surface area contributed by atoms with Crippen molar-refractivity contribution in [2.75, 3.05) is 20.1 Å². The third kappa shape index (κ3) is 2.82. The first-order chi connectivity index (χ1) is 7.72. The molecule has 1 aliphatic rings. The van der Waals surface area contributed by atoms with E-state index in [4.69, 9.17) is 5.73 Å². The van der Waals surface area contributed by atoms with Gasteiger partial charge in [0.25, 0.3) is 0 Å². The van der Waals surface area contributed by atoms with E-state index in [0.717, 1.165) is 32.5 Å². The van der Waals surface area contributed by atoms with Crippen LogP contribution in [-0.4, -0.2) is 30.7 Å². The van der Waals surface area contributed by atoms with Crippen LogP contribution in [-0.2, 0) is 6.54 Å². The van der Waals surface area contributed by atoms with Gasteiger partial charge in [0.1, 0.15) is 0 Å². The molecule has 1 saturated heterocycles. The molecule has 3 N–H and O–H groups in total. The number of benzene rings is 1. The van der Waals surface area contributed by atoms with E-state index in [1.165, 1.54) is 5.56 Å². The second kappa shape index (κ2) is 4.95. The fourth-order valence-corrected chi connectivity index (χ4v) is 2.20. The molecule has 3 nitrogen and oxygen atoms in total. The second-order valence-corrected chi connectivity index (χ2v) is 4.67. The highest BCUT2D eigenvalue weighted by atomic mass is 15.2.